The predicted octanol–water partition coefficient (Wildman–Crippen LogP) is 14.6. The van der Waals surface area contributed by atoms with Gasteiger partial charge in [-0.25, -0.2) is 9.98 Å². The number of aromatic nitrogens is 1. The Balaban J connectivity index is 1.07. The van der Waals surface area contributed by atoms with Gasteiger partial charge in [-0.3, -0.25) is 0 Å². The van der Waals surface area contributed by atoms with E-state index in [4.69, 9.17) is 18.8 Å². The van der Waals surface area contributed by atoms with Crippen LogP contribution < -0.4 is 5.32 Å². The molecule has 0 spiro atoms. The van der Waals surface area contributed by atoms with E-state index in [2.05, 4.69) is 162 Å². The molecule has 1 N–H and O–H groups in total. The molecule has 9 aromatic carbocycles. The molecular formula is C55H32N4O2S. The molecule has 0 bridgehead atoms. The van der Waals surface area contributed by atoms with Gasteiger partial charge in [-0.15, -0.1) is 11.3 Å². The minimum absolute atomic E-state index is 0.509. The Morgan fingerprint density at radius 3 is 2.06 bits per heavy atom. The molecule has 13 aromatic rings. The number of rotatable bonds is 4. The van der Waals surface area contributed by atoms with Crippen molar-refractivity contribution in [2.24, 2.45) is 9.98 Å². The van der Waals surface area contributed by atoms with E-state index >= 15 is 0 Å². The number of benzene rings is 9. The Bertz CT molecular complexity index is 4110. The zero-order chi connectivity index (χ0) is 40.5. The average molecular weight is 813 g/mol. The first-order chi connectivity index (χ1) is 30.7. The fraction of sp³-hybridized carbons (Fsp3) is 0.0182. The largest absolute Gasteiger partial charge is 0.456 e. The molecule has 6 nitrogen and oxygen atoms in total. The Morgan fingerprint density at radius 1 is 0.484 bits per heavy atom. The van der Waals surface area contributed by atoms with Gasteiger partial charge in [-0.1, -0.05) is 121 Å². The monoisotopic (exact) mass is 812 g/mol. The lowest BCUT2D eigenvalue weighted by molar-refractivity contribution is 0.657. The van der Waals surface area contributed by atoms with E-state index in [1.54, 1.807) is 11.3 Å². The van der Waals surface area contributed by atoms with E-state index in [0.717, 1.165) is 82.7 Å². The van der Waals surface area contributed by atoms with Crippen molar-refractivity contribution < 1.29 is 8.83 Å². The molecule has 0 saturated carbocycles. The van der Waals surface area contributed by atoms with Crippen LogP contribution in [-0.2, 0) is 0 Å². The predicted molar refractivity (Wildman–Crippen MR) is 258 cm³/mol. The summed E-state index contributed by atoms with van der Waals surface area (Å²) in [5.74, 6) is 1.33. The molecule has 0 aliphatic carbocycles. The van der Waals surface area contributed by atoms with Crippen LogP contribution in [0.1, 0.15) is 22.9 Å². The van der Waals surface area contributed by atoms with Crippen LogP contribution in [0, 0.1) is 0 Å². The van der Waals surface area contributed by atoms with Gasteiger partial charge in [-0.2, -0.15) is 0 Å². The number of amidine groups is 2. The van der Waals surface area contributed by atoms with Crippen LogP contribution in [-0.4, -0.2) is 16.2 Å². The molecule has 0 amide bonds. The van der Waals surface area contributed by atoms with E-state index in [1.807, 2.05) is 30.3 Å². The summed E-state index contributed by atoms with van der Waals surface area (Å²) in [6.45, 7) is 0. The maximum absolute atomic E-state index is 6.87. The van der Waals surface area contributed by atoms with E-state index in [1.165, 1.54) is 36.3 Å². The lowest BCUT2D eigenvalue weighted by Crippen LogP contribution is -2.34. The fourth-order valence-corrected chi connectivity index (χ4v) is 11.0. The van der Waals surface area contributed by atoms with E-state index < -0.39 is 6.17 Å². The zero-order valence-corrected chi connectivity index (χ0v) is 33.8. The first-order valence-electron chi connectivity index (χ1n) is 20.8. The number of nitrogens with one attached hydrogen (secondary N) is 1. The van der Waals surface area contributed by atoms with Gasteiger partial charge in [0.1, 0.15) is 34.3 Å². The molecule has 5 heterocycles. The first kappa shape index (κ1) is 33.8. The highest BCUT2D eigenvalue weighted by Crippen LogP contribution is 2.42. The van der Waals surface area contributed by atoms with E-state index in [0.29, 0.717) is 11.7 Å². The Morgan fingerprint density at radius 2 is 1.18 bits per heavy atom. The number of hydrogen-bond acceptors (Lipinski definition) is 6. The molecule has 4 aromatic heterocycles. The van der Waals surface area contributed by atoms with Gasteiger partial charge >= 0.3 is 0 Å². The van der Waals surface area contributed by atoms with Gasteiger partial charge in [0, 0.05) is 69.3 Å². The zero-order valence-electron chi connectivity index (χ0n) is 33.0. The third-order valence-corrected chi connectivity index (χ3v) is 13.8. The molecule has 0 fully saturated rings. The summed E-state index contributed by atoms with van der Waals surface area (Å²) in [4.78, 5) is 11.1. The molecule has 1 atom stereocenters. The van der Waals surface area contributed by atoms with Gasteiger partial charge in [-0.05, 0) is 71.4 Å². The average Bonchev–Trinajstić information content (AvgIpc) is 4.09. The van der Waals surface area contributed by atoms with Crippen molar-refractivity contribution in [3.05, 3.63) is 199 Å². The molecule has 1 aliphatic heterocycles. The van der Waals surface area contributed by atoms with Gasteiger partial charge in [0.25, 0.3) is 0 Å². The molecule has 62 heavy (non-hydrogen) atoms. The summed E-state index contributed by atoms with van der Waals surface area (Å²) >= 11 is 1.80. The van der Waals surface area contributed by atoms with Crippen LogP contribution >= 0.6 is 11.3 Å². The van der Waals surface area contributed by atoms with Crippen molar-refractivity contribution in [2.75, 3.05) is 0 Å². The minimum Gasteiger partial charge on any atom is -0.456 e. The second-order valence-electron chi connectivity index (χ2n) is 16.1. The van der Waals surface area contributed by atoms with Crippen LogP contribution in [0.3, 0.4) is 0 Å². The quantitative estimate of drug-likeness (QED) is 0.192. The molecule has 0 saturated heterocycles. The number of furan rings is 2. The Kier molecular flexibility index (Phi) is 6.95. The highest BCUT2D eigenvalue weighted by Gasteiger charge is 2.29. The highest BCUT2D eigenvalue weighted by molar-refractivity contribution is 7.25. The second kappa shape index (κ2) is 12.8. The third-order valence-electron chi connectivity index (χ3n) is 12.6. The SMILES string of the molecule is c1ccc2cc3c(cc2c1)c1ccccc1n3-c1cc(C2=NC(c3cccc4sc5ccccc5c34)=NC(c3cccc4oc5ccccc5c34)N2)c2oc3ccccc3c2c1. The van der Waals surface area contributed by atoms with Crippen LogP contribution in [0.25, 0.3) is 102 Å². The summed E-state index contributed by atoms with van der Waals surface area (Å²) in [7, 11) is 0. The number of fused-ring (bicyclic) bond motifs is 13. The minimum atomic E-state index is -0.509. The van der Waals surface area contributed by atoms with Crippen molar-refractivity contribution in [3.63, 3.8) is 0 Å². The number of thiophene rings is 1. The second-order valence-corrected chi connectivity index (χ2v) is 17.2. The summed E-state index contributed by atoms with van der Waals surface area (Å²) < 4.78 is 18.1. The Hall–Kier alpha value is -8.00. The van der Waals surface area contributed by atoms with E-state index in [-0.39, 0.29) is 0 Å². The van der Waals surface area contributed by atoms with Gasteiger partial charge in [0.05, 0.1) is 16.6 Å². The lowest BCUT2D eigenvalue weighted by Gasteiger charge is -2.25. The Labute approximate surface area is 357 Å². The van der Waals surface area contributed by atoms with E-state index in [9.17, 15) is 0 Å². The summed E-state index contributed by atoms with van der Waals surface area (Å²) in [5, 5.41) is 15.2. The van der Waals surface area contributed by atoms with Crippen molar-refractivity contribution in [1.29, 1.82) is 0 Å². The first-order valence-corrected chi connectivity index (χ1v) is 21.7. The van der Waals surface area contributed by atoms with Crippen LogP contribution in [0.2, 0.25) is 0 Å². The number of hydrogen-bond donors (Lipinski definition) is 1. The molecule has 1 aliphatic rings. The molecule has 1 unspecified atom stereocenters. The summed E-state index contributed by atoms with van der Waals surface area (Å²) in [6.07, 6.45) is -0.509. The molecule has 7 heteroatoms. The normalized spacial score (nSPS) is 14.6. The molecule has 290 valence electrons. The van der Waals surface area contributed by atoms with Crippen LogP contribution in [0.4, 0.5) is 0 Å². The summed E-state index contributed by atoms with van der Waals surface area (Å²) in [5.41, 5.74) is 9.36. The molecular weight excluding hydrogens is 781 g/mol. The topological polar surface area (TPSA) is 68.0 Å². The molecule has 0 radical (unpaired) electrons. The van der Waals surface area contributed by atoms with Gasteiger partial charge in [0.2, 0.25) is 0 Å². The standard InChI is InChI=1S/C55H32N4O2S/c1-2-14-32-28-44-40(27-31(32)13-1)34-15-3-7-21-43(34)59(44)33-29-41-35-16-4-8-22-45(35)61-52(41)42(30-33)55-57-53(38-19-11-24-47-50(38)36-17-5-9-23-46(36)60-47)56-54(58-55)39-20-12-26-49-51(39)37-18-6-10-25-48(37)62-49/h1-30,53H,(H,56,57,58). The third kappa shape index (κ3) is 4.85. The number of aliphatic imine (C=N–C) groups is 2. The van der Waals surface area contributed by atoms with Crippen molar-refractivity contribution in [1.82, 2.24) is 9.88 Å². The smallest absolute Gasteiger partial charge is 0.160 e. The van der Waals surface area contributed by atoms with Crippen LogP contribution in [0.15, 0.2) is 201 Å². The van der Waals surface area contributed by atoms with Crippen molar-refractivity contribution in [3.8, 4) is 5.69 Å². The van der Waals surface area contributed by atoms with Crippen molar-refractivity contribution >= 4 is 120 Å². The van der Waals surface area contributed by atoms with Gasteiger partial charge in [0.15, 0.2) is 5.84 Å². The number of nitrogens with zero attached hydrogens (tertiary/aromatic N) is 3. The number of para-hydroxylation sites is 3. The lowest BCUT2D eigenvalue weighted by atomic mass is 10.0. The van der Waals surface area contributed by atoms with Crippen molar-refractivity contribution in [2.45, 2.75) is 6.17 Å². The van der Waals surface area contributed by atoms with Gasteiger partial charge < -0.3 is 18.7 Å². The molecule has 14 rings (SSSR count). The maximum atomic E-state index is 6.87. The van der Waals surface area contributed by atoms with Crippen LogP contribution in [0.5, 0.6) is 0 Å². The summed E-state index contributed by atoms with van der Waals surface area (Å²) in [6, 6.07) is 64.3. The fourth-order valence-electron chi connectivity index (χ4n) is 9.91. The maximum Gasteiger partial charge on any atom is 0.160 e. The highest BCUT2D eigenvalue weighted by atomic mass is 32.1.